The Hall–Kier alpha value is -1.19. The van der Waals surface area contributed by atoms with Gasteiger partial charge in [-0.3, -0.25) is 9.69 Å². The summed E-state index contributed by atoms with van der Waals surface area (Å²) in [5, 5.41) is 3.32. The van der Waals surface area contributed by atoms with E-state index in [1.54, 1.807) is 0 Å². The molecule has 0 spiro atoms. The van der Waals surface area contributed by atoms with Crippen molar-refractivity contribution in [1.29, 1.82) is 0 Å². The summed E-state index contributed by atoms with van der Waals surface area (Å²) in [6, 6.07) is 6.33. The average molecular weight is 258 g/mol. The van der Waals surface area contributed by atoms with Gasteiger partial charge in [-0.25, -0.2) is 0 Å². The number of aryl methyl sites for hydroxylation is 2. The van der Waals surface area contributed by atoms with E-state index in [9.17, 15) is 4.79 Å². The van der Waals surface area contributed by atoms with Gasteiger partial charge >= 0.3 is 0 Å². The van der Waals surface area contributed by atoms with Crippen LogP contribution in [0.25, 0.3) is 0 Å². The average Bonchev–Trinajstić information content (AvgIpc) is 2.48. The number of fused-ring (bicyclic) bond motifs is 1. The number of carbonyl (C=O) groups is 1. The summed E-state index contributed by atoms with van der Waals surface area (Å²) in [7, 11) is 0. The van der Waals surface area contributed by atoms with Gasteiger partial charge in [0.2, 0.25) is 0 Å². The Morgan fingerprint density at radius 1 is 1.11 bits per heavy atom. The van der Waals surface area contributed by atoms with E-state index in [4.69, 9.17) is 0 Å². The lowest BCUT2D eigenvalue weighted by Gasteiger charge is -2.26. The second kappa shape index (κ2) is 5.85. The number of hydrogen-bond acceptors (Lipinski definition) is 3. The Labute approximate surface area is 115 Å². The minimum Gasteiger partial charge on any atom is -0.314 e. The summed E-state index contributed by atoms with van der Waals surface area (Å²) in [6.45, 7) is 4.53. The van der Waals surface area contributed by atoms with Gasteiger partial charge in [-0.1, -0.05) is 12.1 Å². The number of piperazine rings is 1. The zero-order valence-electron chi connectivity index (χ0n) is 11.5. The van der Waals surface area contributed by atoms with Crippen molar-refractivity contribution in [2.24, 2.45) is 0 Å². The van der Waals surface area contributed by atoms with Gasteiger partial charge in [-0.05, 0) is 42.9 Å². The van der Waals surface area contributed by atoms with Crippen LogP contribution in [-0.2, 0) is 12.8 Å². The molecule has 1 aromatic rings. The molecule has 19 heavy (non-hydrogen) atoms. The van der Waals surface area contributed by atoms with E-state index in [1.165, 1.54) is 30.4 Å². The lowest BCUT2D eigenvalue weighted by atomic mass is 9.90. The summed E-state index contributed by atoms with van der Waals surface area (Å²) in [6.07, 6.45) is 4.88. The molecule has 1 aromatic carbocycles. The Balaban J connectivity index is 1.69. The number of benzene rings is 1. The standard InChI is InChI=1S/C16H22N2O/c19-16(12-18-9-7-17-8-10-18)15-6-5-13-3-1-2-4-14(13)11-15/h5-6,11,17H,1-4,7-10,12H2. The number of carbonyl (C=O) groups excluding carboxylic acids is 1. The molecule has 1 aliphatic carbocycles. The first-order chi connectivity index (χ1) is 9.33. The van der Waals surface area contributed by atoms with Crippen LogP contribution in [0, 0.1) is 0 Å². The van der Waals surface area contributed by atoms with Crippen molar-refractivity contribution in [3.63, 3.8) is 0 Å². The lowest BCUT2D eigenvalue weighted by Crippen LogP contribution is -2.45. The fourth-order valence-corrected chi connectivity index (χ4v) is 3.07. The summed E-state index contributed by atoms with van der Waals surface area (Å²) in [4.78, 5) is 14.6. The van der Waals surface area contributed by atoms with Gasteiger partial charge in [-0.15, -0.1) is 0 Å². The summed E-state index contributed by atoms with van der Waals surface area (Å²) < 4.78 is 0. The maximum Gasteiger partial charge on any atom is 0.176 e. The van der Waals surface area contributed by atoms with Crippen LogP contribution in [-0.4, -0.2) is 43.4 Å². The molecule has 1 N–H and O–H groups in total. The normalized spacial score (nSPS) is 20.0. The van der Waals surface area contributed by atoms with Crippen molar-refractivity contribution in [2.75, 3.05) is 32.7 Å². The van der Waals surface area contributed by atoms with Gasteiger partial charge in [0, 0.05) is 31.7 Å². The van der Waals surface area contributed by atoms with Crippen LogP contribution in [0.5, 0.6) is 0 Å². The fourth-order valence-electron chi connectivity index (χ4n) is 3.07. The van der Waals surface area contributed by atoms with Gasteiger partial charge in [0.15, 0.2) is 5.78 Å². The van der Waals surface area contributed by atoms with Crippen molar-refractivity contribution in [3.05, 3.63) is 34.9 Å². The Morgan fingerprint density at radius 3 is 2.63 bits per heavy atom. The first kappa shape index (κ1) is 12.8. The quantitative estimate of drug-likeness (QED) is 0.837. The zero-order chi connectivity index (χ0) is 13.1. The first-order valence-corrected chi connectivity index (χ1v) is 7.41. The van der Waals surface area contributed by atoms with Crippen molar-refractivity contribution in [1.82, 2.24) is 10.2 Å². The SMILES string of the molecule is O=C(CN1CCNCC1)c1ccc2c(c1)CCCC2. The van der Waals surface area contributed by atoms with Crippen LogP contribution in [0.4, 0.5) is 0 Å². The number of hydrogen-bond donors (Lipinski definition) is 1. The lowest BCUT2D eigenvalue weighted by molar-refractivity contribution is 0.0921. The van der Waals surface area contributed by atoms with Crippen molar-refractivity contribution < 1.29 is 4.79 Å². The van der Waals surface area contributed by atoms with E-state index < -0.39 is 0 Å². The molecule has 3 nitrogen and oxygen atoms in total. The molecule has 0 bridgehead atoms. The first-order valence-electron chi connectivity index (χ1n) is 7.41. The molecule has 0 aromatic heterocycles. The zero-order valence-corrected chi connectivity index (χ0v) is 11.5. The second-order valence-electron chi connectivity index (χ2n) is 5.64. The van der Waals surface area contributed by atoms with Gasteiger partial charge in [0.1, 0.15) is 0 Å². The van der Waals surface area contributed by atoms with E-state index in [-0.39, 0.29) is 5.78 Å². The molecule has 102 valence electrons. The van der Waals surface area contributed by atoms with E-state index in [1.807, 2.05) is 6.07 Å². The molecule has 3 rings (SSSR count). The maximum absolute atomic E-state index is 12.3. The minimum atomic E-state index is 0.273. The van der Waals surface area contributed by atoms with Crippen LogP contribution in [0.3, 0.4) is 0 Å². The van der Waals surface area contributed by atoms with Gasteiger partial charge in [0.25, 0.3) is 0 Å². The monoisotopic (exact) mass is 258 g/mol. The largest absolute Gasteiger partial charge is 0.314 e. The third-order valence-electron chi connectivity index (χ3n) is 4.25. The smallest absolute Gasteiger partial charge is 0.176 e. The molecule has 0 saturated carbocycles. The highest BCUT2D eigenvalue weighted by atomic mass is 16.1. The predicted octanol–water partition coefficient (Wildman–Crippen LogP) is 1.65. The van der Waals surface area contributed by atoms with E-state index in [0.717, 1.165) is 38.2 Å². The maximum atomic E-state index is 12.3. The number of rotatable bonds is 3. The summed E-state index contributed by atoms with van der Waals surface area (Å²) in [5.41, 5.74) is 3.75. The van der Waals surface area contributed by atoms with Crippen molar-refractivity contribution in [3.8, 4) is 0 Å². The highest BCUT2D eigenvalue weighted by Gasteiger charge is 2.16. The van der Waals surface area contributed by atoms with Crippen LogP contribution in [0.2, 0.25) is 0 Å². The van der Waals surface area contributed by atoms with Crippen LogP contribution in [0.15, 0.2) is 18.2 Å². The molecule has 2 aliphatic rings. The Bertz CT molecular complexity index is 464. The number of nitrogens with one attached hydrogen (secondary N) is 1. The summed E-state index contributed by atoms with van der Waals surface area (Å²) in [5.74, 6) is 0.273. The van der Waals surface area contributed by atoms with Gasteiger partial charge < -0.3 is 5.32 Å². The van der Waals surface area contributed by atoms with Crippen LogP contribution >= 0.6 is 0 Å². The molecule has 1 aliphatic heterocycles. The molecule has 1 saturated heterocycles. The molecule has 1 heterocycles. The molecule has 3 heteroatoms. The molecule has 0 radical (unpaired) electrons. The third kappa shape index (κ3) is 3.04. The highest BCUT2D eigenvalue weighted by Crippen LogP contribution is 2.22. The Kier molecular flexibility index (Phi) is 3.95. The minimum absolute atomic E-state index is 0.273. The highest BCUT2D eigenvalue weighted by molar-refractivity contribution is 5.97. The molecule has 1 fully saturated rings. The van der Waals surface area contributed by atoms with E-state index >= 15 is 0 Å². The topological polar surface area (TPSA) is 32.3 Å². The molecule has 0 unspecified atom stereocenters. The molecular weight excluding hydrogens is 236 g/mol. The predicted molar refractivity (Wildman–Crippen MR) is 76.7 cm³/mol. The number of ketones is 1. The third-order valence-corrected chi connectivity index (χ3v) is 4.25. The molecule has 0 amide bonds. The summed E-state index contributed by atoms with van der Waals surface area (Å²) >= 11 is 0. The fraction of sp³-hybridized carbons (Fsp3) is 0.562. The van der Waals surface area contributed by atoms with E-state index in [2.05, 4.69) is 22.3 Å². The van der Waals surface area contributed by atoms with Crippen molar-refractivity contribution in [2.45, 2.75) is 25.7 Å². The van der Waals surface area contributed by atoms with Gasteiger partial charge in [-0.2, -0.15) is 0 Å². The molecular formula is C16H22N2O. The van der Waals surface area contributed by atoms with Gasteiger partial charge in [0.05, 0.1) is 6.54 Å². The second-order valence-corrected chi connectivity index (χ2v) is 5.64. The van der Waals surface area contributed by atoms with Crippen LogP contribution in [0.1, 0.15) is 34.3 Å². The number of nitrogens with zero attached hydrogens (tertiary/aromatic N) is 1. The molecule has 0 atom stereocenters. The number of Topliss-reactive ketones (excluding diaryl/α,β-unsaturated/α-hetero) is 1. The van der Waals surface area contributed by atoms with Crippen molar-refractivity contribution >= 4 is 5.78 Å². The Morgan fingerprint density at radius 2 is 1.84 bits per heavy atom. The van der Waals surface area contributed by atoms with Crippen LogP contribution < -0.4 is 5.32 Å². The van der Waals surface area contributed by atoms with E-state index in [0.29, 0.717) is 6.54 Å².